The molecule has 0 aromatic heterocycles. The second-order valence-corrected chi connectivity index (χ2v) is 4.44. The largest absolute Gasteiger partial charge is 0.494 e. The molecule has 4 N–H and O–H groups in total. The maximum Gasteiger partial charge on any atom is 0.329 e. The van der Waals surface area contributed by atoms with Crippen LogP contribution in [0.15, 0.2) is 12.1 Å². The van der Waals surface area contributed by atoms with Crippen molar-refractivity contribution in [3.05, 3.63) is 28.8 Å². The van der Waals surface area contributed by atoms with Crippen molar-refractivity contribution in [3.8, 4) is 5.75 Å². The molecule has 100 valence electrons. The number of aliphatic carboxylic acids is 1. The van der Waals surface area contributed by atoms with Crippen molar-refractivity contribution in [1.82, 2.24) is 5.43 Å². The van der Waals surface area contributed by atoms with Crippen LogP contribution in [0.3, 0.4) is 0 Å². The lowest BCUT2D eigenvalue weighted by atomic mass is 9.88. The summed E-state index contributed by atoms with van der Waals surface area (Å²) in [6, 6.07) is 3.64. The Morgan fingerprint density at radius 1 is 1.44 bits per heavy atom. The molecule has 0 aliphatic carbocycles. The van der Waals surface area contributed by atoms with E-state index >= 15 is 0 Å². The monoisotopic (exact) mass is 252 g/mol. The summed E-state index contributed by atoms with van der Waals surface area (Å²) in [6.07, 6.45) is 0. The van der Waals surface area contributed by atoms with E-state index in [1.54, 1.807) is 6.07 Å². The molecule has 0 fully saturated rings. The van der Waals surface area contributed by atoms with Gasteiger partial charge in [0.25, 0.3) is 0 Å². The number of hydrogen-bond donors (Lipinski definition) is 3. The highest BCUT2D eigenvalue weighted by Gasteiger charge is 2.35. The number of nitrogens with one attached hydrogen (secondary N) is 1. The van der Waals surface area contributed by atoms with Crippen LogP contribution in [0, 0.1) is 13.8 Å². The van der Waals surface area contributed by atoms with Crippen LogP contribution in [-0.4, -0.2) is 17.7 Å². The van der Waals surface area contributed by atoms with Crippen LogP contribution >= 0.6 is 0 Å². The first-order valence-electron chi connectivity index (χ1n) is 5.82. The Balaban J connectivity index is 3.34. The maximum atomic E-state index is 11.4. The molecule has 0 amide bonds. The van der Waals surface area contributed by atoms with Crippen LogP contribution in [0.2, 0.25) is 0 Å². The number of carbonyl (C=O) groups is 1. The van der Waals surface area contributed by atoms with Crippen LogP contribution < -0.4 is 16.0 Å². The summed E-state index contributed by atoms with van der Waals surface area (Å²) in [5.74, 6) is 5.14. The standard InChI is InChI=1S/C13H20N2O3/c1-5-18-11-7-8(2)10(6-9(11)3)13(4,15-14)12(16)17/h6-7,15H,5,14H2,1-4H3,(H,16,17). The highest BCUT2D eigenvalue weighted by atomic mass is 16.5. The quantitative estimate of drug-likeness (QED) is 0.546. The smallest absolute Gasteiger partial charge is 0.329 e. The van der Waals surface area contributed by atoms with E-state index in [4.69, 9.17) is 10.6 Å². The maximum absolute atomic E-state index is 11.4. The first-order valence-corrected chi connectivity index (χ1v) is 5.82. The Bertz CT molecular complexity index is 460. The van der Waals surface area contributed by atoms with E-state index in [2.05, 4.69) is 5.43 Å². The molecule has 18 heavy (non-hydrogen) atoms. The van der Waals surface area contributed by atoms with Crippen LogP contribution in [0.5, 0.6) is 5.75 Å². The van der Waals surface area contributed by atoms with E-state index < -0.39 is 11.5 Å². The van der Waals surface area contributed by atoms with Crippen LogP contribution in [0.25, 0.3) is 0 Å². The van der Waals surface area contributed by atoms with Gasteiger partial charge in [-0.1, -0.05) is 0 Å². The van der Waals surface area contributed by atoms with Crippen molar-refractivity contribution in [3.63, 3.8) is 0 Å². The van der Waals surface area contributed by atoms with Crippen molar-refractivity contribution in [2.75, 3.05) is 6.61 Å². The van der Waals surface area contributed by atoms with Gasteiger partial charge in [-0.25, -0.2) is 10.2 Å². The summed E-state index contributed by atoms with van der Waals surface area (Å²) in [5, 5.41) is 9.30. The zero-order chi connectivity index (χ0) is 13.9. The molecule has 5 nitrogen and oxygen atoms in total. The summed E-state index contributed by atoms with van der Waals surface area (Å²) >= 11 is 0. The minimum atomic E-state index is -1.31. The van der Waals surface area contributed by atoms with Gasteiger partial charge in [0, 0.05) is 0 Å². The van der Waals surface area contributed by atoms with Gasteiger partial charge < -0.3 is 9.84 Å². The van der Waals surface area contributed by atoms with E-state index in [1.807, 2.05) is 26.8 Å². The lowest BCUT2D eigenvalue weighted by Gasteiger charge is -2.27. The number of nitrogens with two attached hydrogens (primary N) is 1. The summed E-state index contributed by atoms with van der Waals surface area (Å²) in [7, 11) is 0. The molecule has 1 unspecified atom stereocenters. The second kappa shape index (κ2) is 5.37. The summed E-state index contributed by atoms with van der Waals surface area (Å²) in [4.78, 5) is 11.4. The van der Waals surface area contributed by atoms with Crippen molar-refractivity contribution in [1.29, 1.82) is 0 Å². The van der Waals surface area contributed by atoms with Crippen molar-refractivity contribution in [2.45, 2.75) is 33.2 Å². The van der Waals surface area contributed by atoms with E-state index in [0.29, 0.717) is 12.2 Å². The normalized spacial score (nSPS) is 14.1. The zero-order valence-corrected chi connectivity index (χ0v) is 11.2. The van der Waals surface area contributed by atoms with E-state index in [9.17, 15) is 9.90 Å². The summed E-state index contributed by atoms with van der Waals surface area (Å²) in [5.41, 5.74) is 3.42. The average Bonchev–Trinajstić information content (AvgIpc) is 2.32. The van der Waals surface area contributed by atoms with Gasteiger partial charge in [0.05, 0.1) is 6.61 Å². The number of rotatable bonds is 5. The van der Waals surface area contributed by atoms with Gasteiger partial charge in [0.2, 0.25) is 0 Å². The van der Waals surface area contributed by atoms with Crippen LogP contribution in [0.4, 0.5) is 0 Å². The van der Waals surface area contributed by atoms with Gasteiger partial charge in [0.15, 0.2) is 5.54 Å². The third-order valence-electron chi connectivity index (χ3n) is 3.08. The Morgan fingerprint density at radius 2 is 2.06 bits per heavy atom. The number of carboxylic acid groups (broad SMARTS) is 1. The number of hydrogen-bond acceptors (Lipinski definition) is 4. The van der Waals surface area contributed by atoms with Crippen molar-refractivity contribution in [2.24, 2.45) is 5.84 Å². The predicted molar refractivity (Wildman–Crippen MR) is 69.4 cm³/mol. The number of hydrazine groups is 1. The fourth-order valence-corrected chi connectivity index (χ4v) is 1.89. The third-order valence-corrected chi connectivity index (χ3v) is 3.08. The molecule has 5 heteroatoms. The van der Waals surface area contributed by atoms with E-state index in [-0.39, 0.29) is 0 Å². The second-order valence-electron chi connectivity index (χ2n) is 4.44. The molecule has 1 aromatic rings. The van der Waals surface area contributed by atoms with E-state index in [0.717, 1.165) is 16.9 Å². The molecular weight excluding hydrogens is 232 g/mol. The number of carboxylic acids is 1. The highest BCUT2D eigenvalue weighted by Crippen LogP contribution is 2.30. The average molecular weight is 252 g/mol. The molecule has 1 atom stereocenters. The summed E-state index contributed by atoms with van der Waals surface area (Å²) in [6.45, 7) is 7.75. The molecule has 0 saturated heterocycles. The third kappa shape index (κ3) is 2.47. The zero-order valence-electron chi connectivity index (χ0n) is 11.2. The van der Waals surface area contributed by atoms with E-state index in [1.165, 1.54) is 6.92 Å². The topological polar surface area (TPSA) is 84.6 Å². The van der Waals surface area contributed by atoms with Crippen LogP contribution in [0.1, 0.15) is 30.5 Å². The predicted octanol–water partition coefficient (Wildman–Crippen LogP) is 1.47. The molecule has 0 aliphatic rings. The van der Waals surface area contributed by atoms with Gasteiger partial charge in [-0.2, -0.15) is 0 Å². The fraction of sp³-hybridized carbons (Fsp3) is 0.462. The molecule has 0 heterocycles. The first-order chi connectivity index (χ1) is 8.36. The number of ether oxygens (including phenoxy) is 1. The molecule has 0 aliphatic heterocycles. The number of aryl methyl sites for hydroxylation is 2. The van der Waals surface area contributed by atoms with Gasteiger partial charge in [0.1, 0.15) is 5.75 Å². The Hall–Kier alpha value is -1.59. The van der Waals surface area contributed by atoms with Crippen molar-refractivity contribution < 1.29 is 14.6 Å². The Labute approximate surface area is 107 Å². The molecule has 0 saturated carbocycles. The van der Waals surface area contributed by atoms with Gasteiger partial charge in [-0.3, -0.25) is 5.84 Å². The van der Waals surface area contributed by atoms with Gasteiger partial charge in [-0.05, 0) is 56.5 Å². The highest BCUT2D eigenvalue weighted by molar-refractivity contribution is 5.81. The Kier molecular flexibility index (Phi) is 4.32. The molecule has 1 rings (SSSR count). The minimum absolute atomic E-state index is 0.574. The lowest BCUT2D eigenvalue weighted by molar-refractivity contribution is -0.144. The van der Waals surface area contributed by atoms with Crippen molar-refractivity contribution >= 4 is 5.97 Å². The fourth-order valence-electron chi connectivity index (χ4n) is 1.89. The first kappa shape index (κ1) is 14.5. The van der Waals surface area contributed by atoms with Crippen LogP contribution in [-0.2, 0) is 10.3 Å². The molecule has 0 bridgehead atoms. The SMILES string of the molecule is CCOc1cc(C)c(C(C)(NN)C(=O)O)cc1C. The van der Waals surface area contributed by atoms with Gasteiger partial charge in [-0.15, -0.1) is 0 Å². The minimum Gasteiger partial charge on any atom is -0.494 e. The van der Waals surface area contributed by atoms with Gasteiger partial charge >= 0.3 is 5.97 Å². The molecular formula is C13H20N2O3. The molecule has 1 aromatic carbocycles. The number of benzene rings is 1. The molecule has 0 spiro atoms. The summed E-state index contributed by atoms with van der Waals surface area (Å²) < 4.78 is 5.48. The molecule has 0 radical (unpaired) electrons. The Morgan fingerprint density at radius 3 is 2.50 bits per heavy atom. The lowest BCUT2D eigenvalue weighted by Crippen LogP contribution is -2.50.